The molecule has 2 rings (SSSR count). The zero-order valence-corrected chi connectivity index (χ0v) is 13.2. The van der Waals surface area contributed by atoms with Gasteiger partial charge in [-0.05, 0) is 37.1 Å². The first-order chi connectivity index (χ1) is 11.1. The Labute approximate surface area is 134 Å². The van der Waals surface area contributed by atoms with Gasteiger partial charge in [0.2, 0.25) is 0 Å². The minimum Gasteiger partial charge on any atom is -0.449 e. The number of nitrogens with one attached hydrogen (secondary N) is 1. The molecule has 0 bridgehead atoms. The first kappa shape index (κ1) is 16.6. The van der Waals surface area contributed by atoms with E-state index in [0.717, 1.165) is 11.3 Å². The predicted molar refractivity (Wildman–Crippen MR) is 84.6 cm³/mol. The molecule has 0 radical (unpaired) electrons. The molecule has 0 aromatic carbocycles. The van der Waals surface area contributed by atoms with E-state index in [1.54, 1.807) is 37.5 Å². The van der Waals surface area contributed by atoms with Crippen molar-refractivity contribution in [3.05, 3.63) is 59.7 Å². The molecule has 120 valence electrons. The lowest BCUT2D eigenvalue weighted by atomic mass is 10.1. The van der Waals surface area contributed by atoms with Gasteiger partial charge < -0.3 is 10.1 Å². The molecule has 0 unspecified atom stereocenters. The molecular formula is C17H19N3O3. The van der Waals surface area contributed by atoms with E-state index in [1.807, 2.05) is 13.0 Å². The van der Waals surface area contributed by atoms with Crippen LogP contribution in [0.15, 0.2) is 42.9 Å². The van der Waals surface area contributed by atoms with Gasteiger partial charge in [-0.1, -0.05) is 13.0 Å². The van der Waals surface area contributed by atoms with Crippen LogP contribution in [0.1, 0.15) is 35.5 Å². The van der Waals surface area contributed by atoms with E-state index in [4.69, 9.17) is 4.74 Å². The van der Waals surface area contributed by atoms with Gasteiger partial charge in [-0.15, -0.1) is 0 Å². The summed E-state index contributed by atoms with van der Waals surface area (Å²) in [6, 6.07) is 7.05. The summed E-state index contributed by atoms with van der Waals surface area (Å²) < 4.78 is 5.23. The molecule has 1 amide bonds. The number of ether oxygens (including phenoxy) is 1. The van der Waals surface area contributed by atoms with E-state index in [9.17, 15) is 9.59 Å². The topological polar surface area (TPSA) is 81.2 Å². The molecule has 0 fully saturated rings. The molecule has 0 saturated carbocycles. The summed E-state index contributed by atoms with van der Waals surface area (Å²) in [6.07, 6.45) is 4.59. The van der Waals surface area contributed by atoms with Crippen LogP contribution in [0.2, 0.25) is 0 Å². The molecule has 2 aromatic heterocycles. The zero-order valence-electron chi connectivity index (χ0n) is 13.2. The number of aromatic nitrogens is 2. The van der Waals surface area contributed by atoms with E-state index in [2.05, 4.69) is 15.3 Å². The lowest BCUT2D eigenvalue weighted by Gasteiger charge is -2.14. The van der Waals surface area contributed by atoms with Gasteiger partial charge in [-0.2, -0.15) is 0 Å². The SMILES string of the molecule is CCc1cnccc1C(=O)O[C@@H](C)C(=O)NCc1ccccn1. The van der Waals surface area contributed by atoms with Crippen LogP contribution >= 0.6 is 0 Å². The third-order valence-corrected chi connectivity index (χ3v) is 3.33. The number of rotatable bonds is 6. The minimum atomic E-state index is -0.885. The summed E-state index contributed by atoms with van der Waals surface area (Å²) in [6.45, 7) is 3.76. The summed E-state index contributed by atoms with van der Waals surface area (Å²) >= 11 is 0. The molecule has 0 spiro atoms. The van der Waals surface area contributed by atoms with Gasteiger partial charge in [-0.25, -0.2) is 4.79 Å². The van der Waals surface area contributed by atoms with Crippen LogP contribution in [0.3, 0.4) is 0 Å². The van der Waals surface area contributed by atoms with Gasteiger partial charge in [0.15, 0.2) is 6.10 Å². The first-order valence-electron chi connectivity index (χ1n) is 7.43. The van der Waals surface area contributed by atoms with Crippen molar-refractivity contribution in [1.29, 1.82) is 0 Å². The van der Waals surface area contributed by atoms with Crippen LogP contribution < -0.4 is 5.32 Å². The number of pyridine rings is 2. The fraction of sp³-hybridized carbons (Fsp3) is 0.294. The van der Waals surface area contributed by atoms with E-state index in [-0.39, 0.29) is 12.5 Å². The van der Waals surface area contributed by atoms with Gasteiger partial charge in [0.1, 0.15) is 0 Å². The third-order valence-electron chi connectivity index (χ3n) is 3.33. The van der Waals surface area contributed by atoms with Crippen molar-refractivity contribution < 1.29 is 14.3 Å². The second-order valence-electron chi connectivity index (χ2n) is 4.97. The van der Waals surface area contributed by atoms with Gasteiger partial charge in [0.25, 0.3) is 5.91 Å². The van der Waals surface area contributed by atoms with Crippen molar-refractivity contribution in [3.63, 3.8) is 0 Å². The average molecular weight is 313 g/mol. The second-order valence-corrected chi connectivity index (χ2v) is 4.97. The van der Waals surface area contributed by atoms with Crippen LogP contribution in [0.4, 0.5) is 0 Å². The Hall–Kier alpha value is -2.76. The number of hydrogen-bond acceptors (Lipinski definition) is 5. The van der Waals surface area contributed by atoms with Crippen LogP contribution in [-0.4, -0.2) is 27.9 Å². The van der Waals surface area contributed by atoms with Gasteiger partial charge in [0, 0.05) is 18.6 Å². The Morgan fingerprint density at radius 2 is 2.09 bits per heavy atom. The Bertz CT molecular complexity index is 674. The maximum atomic E-state index is 12.2. The number of esters is 1. The van der Waals surface area contributed by atoms with Gasteiger partial charge >= 0.3 is 5.97 Å². The normalized spacial score (nSPS) is 11.6. The van der Waals surface area contributed by atoms with Crippen molar-refractivity contribution in [1.82, 2.24) is 15.3 Å². The number of nitrogens with zero attached hydrogens (tertiary/aromatic N) is 2. The lowest BCUT2D eigenvalue weighted by molar-refractivity contribution is -0.129. The molecule has 6 heteroatoms. The Morgan fingerprint density at radius 3 is 2.78 bits per heavy atom. The summed E-state index contributed by atoms with van der Waals surface area (Å²) in [5.41, 5.74) is 1.97. The summed E-state index contributed by atoms with van der Waals surface area (Å²) in [5.74, 6) is -0.888. The standard InChI is InChI=1S/C17H19N3O3/c1-3-13-10-18-9-7-15(13)17(22)23-12(2)16(21)20-11-14-6-4-5-8-19-14/h4-10,12H,3,11H2,1-2H3,(H,20,21)/t12-/m0/s1. The fourth-order valence-electron chi connectivity index (χ4n) is 2.01. The highest BCUT2D eigenvalue weighted by molar-refractivity contribution is 5.93. The lowest BCUT2D eigenvalue weighted by Crippen LogP contribution is -2.35. The molecule has 0 aliphatic carbocycles. The van der Waals surface area contributed by atoms with Crippen LogP contribution in [0.5, 0.6) is 0 Å². The van der Waals surface area contributed by atoms with Crippen LogP contribution in [0.25, 0.3) is 0 Å². The maximum Gasteiger partial charge on any atom is 0.339 e. The van der Waals surface area contributed by atoms with E-state index in [0.29, 0.717) is 12.0 Å². The fourth-order valence-corrected chi connectivity index (χ4v) is 2.01. The van der Waals surface area contributed by atoms with E-state index in [1.165, 1.54) is 6.20 Å². The molecule has 1 N–H and O–H groups in total. The summed E-state index contributed by atoms with van der Waals surface area (Å²) in [7, 11) is 0. The molecule has 0 aliphatic rings. The molecule has 2 aromatic rings. The molecule has 0 aliphatic heterocycles. The minimum absolute atomic E-state index is 0.289. The van der Waals surface area contributed by atoms with Crippen LogP contribution in [-0.2, 0) is 22.5 Å². The zero-order chi connectivity index (χ0) is 16.7. The molecule has 23 heavy (non-hydrogen) atoms. The number of carbonyl (C=O) groups is 2. The third kappa shape index (κ3) is 4.60. The molecular weight excluding hydrogens is 294 g/mol. The van der Waals surface area contributed by atoms with Crippen molar-refractivity contribution in [3.8, 4) is 0 Å². The van der Waals surface area contributed by atoms with Crippen LogP contribution in [0, 0.1) is 0 Å². The Kier molecular flexibility index (Phi) is 5.80. The predicted octanol–water partition coefficient (Wildman–Crippen LogP) is 1.90. The average Bonchev–Trinajstić information content (AvgIpc) is 2.60. The summed E-state index contributed by atoms with van der Waals surface area (Å²) in [5, 5.41) is 2.69. The number of aryl methyl sites for hydroxylation is 1. The first-order valence-corrected chi connectivity index (χ1v) is 7.43. The Morgan fingerprint density at radius 1 is 1.26 bits per heavy atom. The number of amides is 1. The number of hydrogen-bond donors (Lipinski definition) is 1. The number of carbonyl (C=O) groups excluding carboxylic acids is 2. The highest BCUT2D eigenvalue weighted by atomic mass is 16.5. The van der Waals surface area contributed by atoms with Gasteiger partial charge in [0.05, 0.1) is 17.8 Å². The molecule has 6 nitrogen and oxygen atoms in total. The van der Waals surface area contributed by atoms with E-state index < -0.39 is 12.1 Å². The van der Waals surface area contributed by atoms with Gasteiger partial charge in [-0.3, -0.25) is 14.8 Å². The largest absolute Gasteiger partial charge is 0.449 e. The molecule has 0 saturated heterocycles. The highest BCUT2D eigenvalue weighted by Crippen LogP contribution is 2.10. The second kappa shape index (κ2) is 8.03. The Balaban J connectivity index is 1.91. The molecule has 1 atom stereocenters. The van der Waals surface area contributed by atoms with Crippen molar-refractivity contribution in [2.24, 2.45) is 0 Å². The maximum absolute atomic E-state index is 12.2. The molecule has 2 heterocycles. The van der Waals surface area contributed by atoms with Crippen molar-refractivity contribution >= 4 is 11.9 Å². The van der Waals surface area contributed by atoms with Crippen molar-refractivity contribution in [2.45, 2.75) is 32.9 Å². The van der Waals surface area contributed by atoms with Crippen molar-refractivity contribution in [2.75, 3.05) is 0 Å². The monoisotopic (exact) mass is 313 g/mol. The smallest absolute Gasteiger partial charge is 0.339 e. The summed E-state index contributed by atoms with van der Waals surface area (Å²) in [4.78, 5) is 32.3. The quantitative estimate of drug-likeness (QED) is 0.824. The van der Waals surface area contributed by atoms with E-state index >= 15 is 0 Å². The highest BCUT2D eigenvalue weighted by Gasteiger charge is 2.20.